The number of nitrogens with zero attached hydrogens (tertiary/aromatic N) is 3. The number of benzene rings is 1. The first-order chi connectivity index (χ1) is 11.3. The number of hydrogen-bond acceptors (Lipinski definition) is 4. The second-order valence-corrected chi connectivity index (χ2v) is 7.00. The number of rotatable bonds is 5. The first-order valence-electron chi connectivity index (χ1n) is 7.60. The van der Waals surface area contributed by atoms with Gasteiger partial charge >= 0.3 is 0 Å². The van der Waals surface area contributed by atoms with Gasteiger partial charge in [0.15, 0.2) is 0 Å². The van der Waals surface area contributed by atoms with Crippen molar-refractivity contribution < 1.29 is 8.95 Å². The summed E-state index contributed by atoms with van der Waals surface area (Å²) in [5.74, 6) is 1.66. The molecule has 118 valence electrons. The molecule has 1 atom stereocenters. The third-order valence-electron chi connectivity index (χ3n) is 4.13. The van der Waals surface area contributed by atoms with Gasteiger partial charge in [0.1, 0.15) is 23.1 Å². The topological polar surface area (TPSA) is 57.0 Å². The van der Waals surface area contributed by atoms with E-state index in [1.54, 1.807) is 23.6 Å². The summed E-state index contributed by atoms with van der Waals surface area (Å²) in [6, 6.07) is 9.69. The molecular formula is C17H17N3O2S. The average molecular weight is 327 g/mol. The van der Waals surface area contributed by atoms with Gasteiger partial charge in [-0.05, 0) is 37.0 Å². The predicted molar refractivity (Wildman–Crippen MR) is 89.7 cm³/mol. The number of methoxy groups -OCH3 is 1. The lowest BCUT2D eigenvalue weighted by Crippen LogP contribution is -2.09. The molecule has 23 heavy (non-hydrogen) atoms. The standard InChI is InChI=1S/C17H17N3O2S/c1-22-17-13(12-6-7-12)8-9-18-15(17)10-23(21)20-11-19-14-4-2-3-5-16(14)20/h2-5,8-9,11-12H,6-7,10H2,1H3. The van der Waals surface area contributed by atoms with E-state index in [0.29, 0.717) is 11.7 Å². The Balaban J connectivity index is 1.68. The molecule has 0 amide bonds. The molecule has 6 heteroatoms. The molecule has 1 aromatic carbocycles. The van der Waals surface area contributed by atoms with E-state index >= 15 is 0 Å². The fourth-order valence-corrected chi connectivity index (χ4v) is 3.95. The molecule has 0 saturated heterocycles. The maximum Gasteiger partial charge on any atom is 0.144 e. The van der Waals surface area contributed by atoms with Gasteiger partial charge in [-0.15, -0.1) is 0 Å². The van der Waals surface area contributed by atoms with Gasteiger partial charge in [-0.3, -0.25) is 4.98 Å². The van der Waals surface area contributed by atoms with Crippen LogP contribution >= 0.6 is 0 Å². The largest absolute Gasteiger partial charge is 0.495 e. The zero-order valence-corrected chi connectivity index (χ0v) is 13.6. The van der Waals surface area contributed by atoms with Gasteiger partial charge < -0.3 is 4.74 Å². The number of para-hydroxylation sites is 2. The highest BCUT2D eigenvalue weighted by atomic mass is 32.2. The molecule has 1 fully saturated rings. The molecule has 5 nitrogen and oxygen atoms in total. The summed E-state index contributed by atoms with van der Waals surface area (Å²) in [7, 11) is 0.376. The van der Waals surface area contributed by atoms with Crippen LogP contribution in [0.15, 0.2) is 42.9 Å². The maximum absolute atomic E-state index is 12.8. The molecule has 0 radical (unpaired) electrons. The lowest BCUT2D eigenvalue weighted by molar-refractivity contribution is 0.403. The zero-order valence-electron chi connectivity index (χ0n) is 12.8. The molecule has 4 rings (SSSR count). The Bertz CT molecular complexity index is 886. The second-order valence-electron chi connectivity index (χ2n) is 5.68. The van der Waals surface area contributed by atoms with Gasteiger partial charge in [-0.25, -0.2) is 13.2 Å². The molecule has 0 bridgehead atoms. The highest BCUT2D eigenvalue weighted by molar-refractivity contribution is 7.82. The fraction of sp³-hybridized carbons (Fsp3) is 0.294. The highest BCUT2D eigenvalue weighted by Gasteiger charge is 2.28. The van der Waals surface area contributed by atoms with Crippen LogP contribution in [0, 0.1) is 0 Å². The van der Waals surface area contributed by atoms with Crippen molar-refractivity contribution in [2.45, 2.75) is 24.5 Å². The Hall–Kier alpha value is -2.21. The van der Waals surface area contributed by atoms with Gasteiger partial charge in [0, 0.05) is 11.8 Å². The third-order valence-corrected chi connectivity index (χ3v) is 5.38. The van der Waals surface area contributed by atoms with Gasteiger partial charge in [0.25, 0.3) is 0 Å². The van der Waals surface area contributed by atoms with Crippen LogP contribution in [0.2, 0.25) is 0 Å². The minimum Gasteiger partial charge on any atom is -0.495 e. The molecule has 2 heterocycles. The molecule has 1 aliphatic carbocycles. The van der Waals surface area contributed by atoms with Crippen molar-refractivity contribution in [2.24, 2.45) is 0 Å². The molecule has 0 N–H and O–H groups in total. The predicted octanol–water partition coefficient (Wildman–Crippen LogP) is 3.03. The molecule has 1 saturated carbocycles. The second kappa shape index (κ2) is 5.77. The van der Waals surface area contributed by atoms with Gasteiger partial charge in [0.2, 0.25) is 0 Å². The Morgan fingerprint density at radius 1 is 1.26 bits per heavy atom. The minimum atomic E-state index is -1.28. The number of fused-ring (bicyclic) bond motifs is 1. The van der Waals surface area contributed by atoms with Crippen LogP contribution in [0.25, 0.3) is 11.0 Å². The van der Waals surface area contributed by atoms with Gasteiger partial charge in [0.05, 0.1) is 29.6 Å². The van der Waals surface area contributed by atoms with Gasteiger partial charge in [-0.1, -0.05) is 12.1 Å². The molecule has 0 spiro atoms. The van der Waals surface area contributed by atoms with Crippen LogP contribution in [0.1, 0.15) is 30.0 Å². The Kier molecular flexibility index (Phi) is 3.61. The van der Waals surface area contributed by atoms with E-state index in [9.17, 15) is 4.21 Å². The number of aromatic nitrogens is 3. The number of hydrogen-bond donors (Lipinski definition) is 0. The van der Waals surface area contributed by atoms with Crippen LogP contribution in [0.5, 0.6) is 5.75 Å². The van der Waals surface area contributed by atoms with Crippen molar-refractivity contribution in [1.82, 2.24) is 13.9 Å². The first-order valence-corrected chi connectivity index (χ1v) is 8.88. The van der Waals surface area contributed by atoms with Crippen LogP contribution in [0.4, 0.5) is 0 Å². The summed E-state index contributed by atoms with van der Waals surface area (Å²) in [6.45, 7) is 0. The van der Waals surface area contributed by atoms with Gasteiger partial charge in [-0.2, -0.15) is 0 Å². The normalized spacial score (nSPS) is 15.7. The van der Waals surface area contributed by atoms with Crippen molar-refractivity contribution in [1.29, 1.82) is 0 Å². The summed E-state index contributed by atoms with van der Waals surface area (Å²) in [6.07, 6.45) is 5.79. The van der Waals surface area contributed by atoms with Crippen LogP contribution in [-0.4, -0.2) is 25.3 Å². The van der Waals surface area contributed by atoms with Crippen LogP contribution < -0.4 is 4.74 Å². The first kappa shape index (κ1) is 14.4. The summed E-state index contributed by atoms with van der Waals surface area (Å²) < 4.78 is 20.0. The van der Waals surface area contributed by atoms with E-state index in [4.69, 9.17) is 4.74 Å². The Labute approximate surface area is 136 Å². The molecule has 0 aliphatic heterocycles. The lowest BCUT2D eigenvalue weighted by atomic mass is 10.1. The third kappa shape index (κ3) is 2.63. The van der Waals surface area contributed by atoms with Crippen molar-refractivity contribution in [3.05, 3.63) is 54.1 Å². The maximum atomic E-state index is 12.8. The SMILES string of the molecule is COc1c(C2CC2)ccnc1CS(=O)n1cnc2ccccc21. The fourth-order valence-electron chi connectivity index (χ4n) is 2.85. The van der Waals surface area contributed by atoms with E-state index < -0.39 is 11.0 Å². The summed E-state index contributed by atoms with van der Waals surface area (Å²) in [5, 5.41) is 0. The van der Waals surface area contributed by atoms with Crippen LogP contribution in [0.3, 0.4) is 0 Å². The van der Waals surface area contributed by atoms with E-state index in [0.717, 1.165) is 22.5 Å². The van der Waals surface area contributed by atoms with Crippen molar-refractivity contribution in [2.75, 3.05) is 7.11 Å². The highest BCUT2D eigenvalue weighted by Crippen LogP contribution is 2.45. The number of imidazole rings is 1. The smallest absolute Gasteiger partial charge is 0.144 e. The quantitative estimate of drug-likeness (QED) is 0.723. The van der Waals surface area contributed by atoms with Crippen LogP contribution in [-0.2, 0) is 16.7 Å². The lowest BCUT2D eigenvalue weighted by Gasteiger charge is -2.12. The number of ether oxygens (including phenoxy) is 1. The minimum absolute atomic E-state index is 0.310. The molecule has 1 unspecified atom stereocenters. The van der Waals surface area contributed by atoms with Crippen molar-refractivity contribution >= 4 is 22.0 Å². The molecule has 2 aromatic heterocycles. The summed E-state index contributed by atoms with van der Waals surface area (Å²) >= 11 is 0. The van der Waals surface area contributed by atoms with E-state index in [2.05, 4.69) is 9.97 Å². The van der Waals surface area contributed by atoms with E-state index in [1.165, 1.54) is 18.4 Å². The molecule has 3 aromatic rings. The Morgan fingerprint density at radius 2 is 2.09 bits per heavy atom. The Morgan fingerprint density at radius 3 is 2.87 bits per heavy atom. The van der Waals surface area contributed by atoms with Crippen molar-refractivity contribution in [3.63, 3.8) is 0 Å². The monoisotopic (exact) mass is 327 g/mol. The average Bonchev–Trinajstić information content (AvgIpc) is 3.33. The number of pyridine rings is 1. The molecule has 1 aliphatic rings. The molecular weight excluding hydrogens is 310 g/mol. The van der Waals surface area contributed by atoms with E-state index in [1.807, 2.05) is 30.3 Å². The van der Waals surface area contributed by atoms with E-state index in [-0.39, 0.29) is 0 Å². The van der Waals surface area contributed by atoms with Crippen molar-refractivity contribution in [3.8, 4) is 5.75 Å². The summed E-state index contributed by atoms with van der Waals surface area (Å²) in [5.41, 5.74) is 3.63. The summed E-state index contributed by atoms with van der Waals surface area (Å²) in [4.78, 5) is 8.70. The zero-order chi connectivity index (χ0) is 15.8.